The van der Waals surface area contributed by atoms with E-state index in [1.54, 1.807) is 6.08 Å². The Morgan fingerprint density at radius 2 is 1.62 bits per heavy atom. The van der Waals surface area contributed by atoms with E-state index in [0.717, 1.165) is 36.0 Å². The molecule has 0 amide bonds. The number of hydrogen-bond donors (Lipinski definition) is 1. The van der Waals surface area contributed by atoms with Gasteiger partial charge in [-0.25, -0.2) is 0 Å². The summed E-state index contributed by atoms with van der Waals surface area (Å²) >= 11 is 0. The van der Waals surface area contributed by atoms with Crippen LogP contribution in [0.5, 0.6) is 0 Å². The molecular weight excluding hydrogens is 414 g/mol. The molecule has 0 spiro atoms. The lowest BCUT2D eigenvalue weighted by molar-refractivity contribution is -0.232. The molecule has 5 aliphatic carbocycles. The van der Waals surface area contributed by atoms with Crippen LogP contribution in [-0.2, 0) is 4.74 Å². The molecule has 0 heterocycles. The lowest BCUT2D eigenvalue weighted by Gasteiger charge is -2.71. The lowest BCUT2D eigenvalue weighted by atomic mass is 9.33. The third-order valence-corrected chi connectivity index (χ3v) is 12.8. The van der Waals surface area contributed by atoms with Gasteiger partial charge in [0.2, 0.25) is 0 Å². The van der Waals surface area contributed by atoms with Gasteiger partial charge in [-0.3, -0.25) is 0 Å². The molecule has 10 atom stereocenters. The highest BCUT2D eigenvalue weighted by atomic mass is 16.5. The molecule has 0 aromatic carbocycles. The molecule has 0 saturated heterocycles. The minimum atomic E-state index is 0.380. The Bertz CT molecular complexity index is 775. The molecule has 5 rings (SSSR count). The van der Waals surface area contributed by atoms with Crippen LogP contribution in [0.3, 0.4) is 0 Å². The first-order valence-electron chi connectivity index (χ1n) is 14.6. The summed E-state index contributed by atoms with van der Waals surface area (Å²) < 4.78 is 6.23. The summed E-state index contributed by atoms with van der Waals surface area (Å²) in [6.45, 7) is 22.9. The van der Waals surface area contributed by atoms with Crippen LogP contribution in [0.4, 0.5) is 0 Å². The van der Waals surface area contributed by atoms with Crippen molar-refractivity contribution >= 4 is 0 Å². The molecular formula is C32H55NO. The fourth-order valence-corrected chi connectivity index (χ4v) is 11.1. The molecule has 2 N–H and O–H groups in total. The second-order valence-corrected chi connectivity index (χ2v) is 14.0. The summed E-state index contributed by atoms with van der Waals surface area (Å²) in [6, 6.07) is 0. The van der Waals surface area contributed by atoms with Crippen molar-refractivity contribution in [3.63, 3.8) is 0 Å². The fourth-order valence-electron chi connectivity index (χ4n) is 11.1. The summed E-state index contributed by atoms with van der Waals surface area (Å²) in [5.74, 6) is 5.04. The van der Waals surface area contributed by atoms with Gasteiger partial charge in [0.25, 0.3) is 0 Å². The molecule has 194 valence electrons. The van der Waals surface area contributed by atoms with Gasteiger partial charge in [-0.1, -0.05) is 46.8 Å². The van der Waals surface area contributed by atoms with Crippen LogP contribution in [0.1, 0.15) is 112 Å². The van der Waals surface area contributed by atoms with E-state index in [1.165, 1.54) is 70.6 Å². The Morgan fingerprint density at radius 3 is 2.26 bits per heavy atom. The smallest absolute Gasteiger partial charge is 0.101 e. The Balaban J connectivity index is 0.000000868. The maximum absolute atomic E-state index is 6.46. The Kier molecular flexibility index (Phi) is 7.18. The van der Waals surface area contributed by atoms with Crippen molar-refractivity contribution in [3.05, 3.63) is 25.0 Å². The standard InChI is InChI=1S/C29H49NO.C3H6/c1-19(2)31-24-12-14-26(4)21(20(24)3)11-15-28(6)25(26)10-9-22-23-8-7-13-29(23,18-30)17-16-27(22,28)5;1-3-2/h20-25H,1,7-18,30H2,2-6H3;3H,1H2,2H3/t20?,21?,22?,23?,24?,25?,26?,27-,28?,29?;/m1./s1. The van der Waals surface area contributed by atoms with Crippen LogP contribution in [0.2, 0.25) is 0 Å². The van der Waals surface area contributed by atoms with Crippen LogP contribution in [0.25, 0.3) is 0 Å². The lowest BCUT2D eigenvalue weighted by Crippen LogP contribution is -2.65. The van der Waals surface area contributed by atoms with Gasteiger partial charge in [0.05, 0.1) is 5.76 Å². The Morgan fingerprint density at radius 1 is 0.912 bits per heavy atom. The topological polar surface area (TPSA) is 35.2 Å². The van der Waals surface area contributed by atoms with Gasteiger partial charge in [0, 0.05) is 0 Å². The van der Waals surface area contributed by atoms with Gasteiger partial charge in [-0.2, -0.15) is 0 Å². The molecule has 0 radical (unpaired) electrons. The number of ether oxygens (including phenoxy) is 1. The number of nitrogens with two attached hydrogens (primary N) is 1. The molecule has 5 saturated carbocycles. The first-order chi connectivity index (χ1) is 16.0. The van der Waals surface area contributed by atoms with Gasteiger partial charge >= 0.3 is 0 Å². The van der Waals surface area contributed by atoms with Crippen molar-refractivity contribution in [2.45, 2.75) is 118 Å². The van der Waals surface area contributed by atoms with E-state index in [2.05, 4.69) is 40.9 Å². The zero-order chi connectivity index (χ0) is 24.9. The van der Waals surface area contributed by atoms with Crippen molar-refractivity contribution in [1.29, 1.82) is 0 Å². The minimum absolute atomic E-state index is 0.380. The number of fused-ring (bicyclic) bond motifs is 7. The molecule has 0 aromatic heterocycles. The highest BCUT2D eigenvalue weighted by Crippen LogP contribution is 2.75. The summed E-state index contributed by atoms with van der Waals surface area (Å²) in [5, 5.41) is 0. The van der Waals surface area contributed by atoms with Crippen LogP contribution < -0.4 is 5.73 Å². The van der Waals surface area contributed by atoms with Gasteiger partial charge in [-0.15, -0.1) is 6.58 Å². The van der Waals surface area contributed by atoms with Gasteiger partial charge in [0.15, 0.2) is 0 Å². The molecule has 0 aliphatic heterocycles. The van der Waals surface area contributed by atoms with Crippen LogP contribution in [-0.4, -0.2) is 12.6 Å². The summed E-state index contributed by atoms with van der Waals surface area (Å²) in [6.07, 6.45) is 17.5. The van der Waals surface area contributed by atoms with Gasteiger partial charge < -0.3 is 10.5 Å². The monoisotopic (exact) mass is 469 g/mol. The van der Waals surface area contributed by atoms with Crippen molar-refractivity contribution in [1.82, 2.24) is 0 Å². The summed E-state index contributed by atoms with van der Waals surface area (Å²) in [4.78, 5) is 0. The normalized spacial score (nSPS) is 51.5. The molecule has 2 nitrogen and oxygen atoms in total. The zero-order valence-corrected chi connectivity index (χ0v) is 23.4. The molecule has 5 aliphatic rings. The molecule has 5 fully saturated rings. The van der Waals surface area contributed by atoms with Crippen molar-refractivity contribution in [3.8, 4) is 0 Å². The van der Waals surface area contributed by atoms with E-state index < -0.39 is 0 Å². The first-order valence-corrected chi connectivity index (χ1v) is 14.6. The molecule has 0 bridgehead atoms. The maximum Gasteiger partial charge on any atom is 0.101 e. The molecule has 34 heavy (non-hydrogen) atoms. The first kappa shape index (κ1) is 26.3. The van der Waals surface area contributed by atoms with Crippen molar-refractivity contribution < 1.29 is 4.74 Å². The highest BCUT2D eigenvalue weighted by Gasteiger charge is 2.68. The predicted octanol–water partition coefficient (Wildman–Crippen LogP) is 8.52. The average Bonchev–Trinajstić information content (AvgIpc) is 3.21. The van der Waals surface area contributed by atoms with E-state index in [-0.39, 0.29) is 0 Å². The van der Waals surface area contributed by atoms with Gasteiger partial charge in [-0.05, 0) is 136 Å². The highest BCUT2D eigenvalue weighted by molar-refractivity contribution is 5.17. The predicted molar refractivity (Wildman–Crippen MR) is 145 cm³/mol. The Labute approximate surface area is 211 Å². The van der Waals surface area contributed by atoms with E-state index in [1.807, 2.05) is 13.8 Å². The number of hydrogen-bond acceptors (Lipinski definition) is 2. The molecule has 9 unspecified atom stereocenters. The quantitative estimate of drug-likeness (QED) is 0.332. The van der Waals surface area contributed by atoms with E-state index in [4.69, 9.17) is 10.5 Å². The molecule has 2 heteroatoms. The third-order valence-electron chi connectivity index (χ3n) is 12.8. The third kappa shape index (κ3) is 3.67. The maximum atomic E-state index is 6.46. The van der Waals surface area contributed by atoms with Crippen LogP contribution in [0.15, 0.2) is 25.0 Å². The van der Waals surface area contributed by atoms with Crippen molar-refractivity contribution in [2.24, 2.45) is 57.0 Å². The average molecular weight is 470 g/mol. The van der Waals surface area contributed by atoms with Gasteiger partial charge in [0.1, 0.15) is 6.10 Å². The zero-order valence-electron chi connectivity index (χ0n) is 23.4. The van der Waals surface area contributed by atoms with E-state index in [0.29, 0.717) is 33.7 Å². The summed E-state index contributed by atoms with van der Waals surface area (Å²) in [7, 11) is 0. The van der Waals surface area contributed by atoms with Crippen LogP contribution in [0, 0.1) is 51.2 Å². The second-order valence-electron chi connectivity index (χ2n) is 14.0. The van der Waals surface area contributed by atoms with Crippen LogP contribution >= 0.6 is 0 Å². The fraction of sp³-hybridized carbons (Fsp3) is 0.875. The Hall–Kier alpha value is -0.760. The van der Waals surface area contributed by atoms with E-state index in [9.17, 15) is 0 Å². The van der Waals surface area contributed by atoms with Crippen molar-refractivity contribution in [2.75, 3.05) is 6.54 Å². The largest absolute Gasteiger partial charge is 0.495 e. The minimum Gasteiger partial charge on any atom is -0.495 e. The number of rotatable bonds is 3. The summed E-state index contributed by atoms with van der Waals surface area (Å²) in [5.41, 5.74) is 8.43. The SMILES string of the molecule is C=C(C)OC1CCC2(C)C(CCC3(C)C2CCC2C4CCCC4(CN)CC[C@]23C)C1C.C=CC. The number of allylic oxidation sites excluding steroid dienone is 2. The van der Waals surface area contributed by atoms with E-state index >= 15 is 0 Å². The second kappa shape index (κ2) is 9.28. The molecule has 0 aromatic rings.